The minimum Gasteiger partial charge on any atom is -0.331 e. The maximum absolute atomic E-state index is 13.5. The van der Waals surface area contributed by atoms with Gasteiger partial charge in [0.25, 0.3) is 11.8 Å². The van der Waals surface area contributed by atoms with E-state index in [9.17, 15) is 18.4 Å². The zero-order chi connectivity index (χ0) is 25.7. The maximum atomic E-state index is 13.5. The van der Waals surface area contributed by atoms with Gasteiger partial charge in [-0.05, 0) is 79.8 Å². The van der Waals surface area contributed by atoms with Crippen LogP contribution in [-0.4, -0.2) is 28.8 Å². The Bertz CT molecular complexity index is 1280. The Morgan fingerprint density at radius 2 is 1.61 bits per heavy atom. The van der Waals surface area contributed by atoms with E-state index in [0.717, 1.165) is 43.4 Å². The van der Waals surface area contributed by atoms with Crippen molar-refractivity contribution in [3.63, 3.8) is 0 Å². The van der Waals surface area contributed by atoms with Crippen LogP contribution in [0.25, 0.3) is 0 Å². The molecule has 6 nitrogen and oxygen atoms in total. The number of hydrogen-bond donors (Lipinski definition) is 2. The molecule has 0 aliphatic heterocycles. The van der Waals surface area contributed by atoms with Gasteiger partial charge in [0.05, 0.1) is 11.6 Å². The van der Waals surface area contributed by atoms with Crippen LogP contribution in [0.5, 0.6) is 0 Å². The fourth-order valence-corrected chi connectivity index (χ4v) is 4.47. The summed E-state index contributed by atoms with van der Waals surface area (Å²) in [5, 5.41) is 11.7. The minimum atomic E-state index is -0.835. The van der Waals surface area contributed by atoms with Crippen LogP contribution in [0.2, 0.25) is 0 Å². The van der Waals surface area contributed by atoms with Gasteiger partial charge < -0.3 is 16.0 Å². The molecule has 0 bridgehead atoms. The molecule has 0 atom stereocenters. The van der Waals surface area contributed by atoms with Gasteiger partial charge in [0.15, 0.2) is 0 Å². The van der Waals surface area contributed by atoms with E-state index in [2.05, 4.69) is 11.4 Å². The molecule has 1 aliphatic rings. The number of nitriles is 1. The Balaban J connectivity index is 1.55. The van der Waals surface area contributed by atoms with Crippen LogP contribution >= 0.6 is 0 Å². The minimum absolute atomic E-state index is 0.00135. The van der Waals surface area contributed by atoms with E-state index in [1.807, 2.05) is 11.0 Å². The first-order valence-corrected chi connectivity index (χ1v) is 11.8. The van der Waals surface area contributed by atoms with E-state index in [1.54, 1.807) is 42.5 Å². The lowest BCUT2D eigenvalue weighted by Crippen LogP contribution is -2.43. The Labute approximate surface area is 208 Å². The summed E-state index contributed by atoms with van der Waals surface area (Å²) in [5.41, 5.74) is 8.14. The third-order valence-electron chi connectivity index (χ3n) is 6.37. The Hall–Kier alpha value is -4.09. The molecule has 0 heterocycles. The molecule has 1 saturated carbocycles. The summed E-state index contributed by atoms with van der Waals surface area (Å²) in [7, 11) is 0. The molecule has 4 rings (SSSR count). The molecule has 3 aromatic rings. The standard InChI is InChI=1S/C28H26F2N4O2/c29-22-13-21(14-23(30)15-22)27(35)33-25-3-1-2-19(12-25)17-34(26-10-8-24(32)9-11-26)28(36)20-6-4-18(16-31)5-7-20/h1-7,12-15,24,26H,8-11,17,32H2,(H,33,35). The first-order chi connectivity index (χ1) is 17.3. The van der Waals surface area contributed by atoms with Crippen molar-refractivity contribution >= 4 is 17.5 Å². The van der Waals surface area contributed by atoms with Crippen molar-refractivity contribution in [1.82, 2.24) is 4.90 Å². The predicted octanol–water partition coefficient (Wildman–Crippen LogP) is 5.00. The summed E-state index contributed by atoms with van der Waals surface area (Å²) < 4.78 is 27.0. The summed E-state index contributed by atoms with van der Waals surface area (Å²) in [4.78, 5) is 27.9. The summed E-state index contributed by atoms with van der Waals surface area (Å²) in [6.45, 7) is 0.303. The number of benzene rings is 3. The van der Waals surface area contributed by atoms with Crippen molar-refractivity contribution in [3.8, 4) is 6.07 Å². The highest BCUT2D eigenvalue weighted by atomic mass is 19.1. The highest BCUT2D eigenvalue weighted by molar-refractivity contribution is 6.04. The lowest BCUT2D eigenvalue weighted by Gasteiger charge is -2.36. The van der Waals surface area contributed by atoms with E-state index < -0.39 is 17.5 Å². The molecule has 3 N–H and O–H groups in total. The smallest absolute Gasteiger partial charge is 0.255 e. The fraction of sp³-hybridized carbons (Fsp3) is 0.250. The van der Waals surface area contributed by atoms with Gasteiger partial charge in [-0.15, -0.1) is 0 Å². The van der Waals surface area contributed by atoms with Crippen molar-refractivity contribution in [2.75, 3.05) is 5.32 Å². The number of hydrogen-bond acceptors (Lipinski definition) is 4. The quantitative estimate of drug-likeness (QED) is 0.510. The van der Waals surface area contributed by atoms with Crippen LogP contribution in [0.4, 0.5) is 14.5 Å². The van der Waals surface area contributed by atoms with Crippen molar-refractivity contribution < 1.29 is 18.4 Å². The highest BCUT2D eigenvalue weighted by Crippen LogP contribution is 2.26. The highest BCUT2D eigenvalue weighted by Gasteiger charge is 2.28. The van der Waals surface area contributed by atoms with Gasteiger partial charge in [0.2, 0.25) is 0 Å². The van der Waals surface area contributed by atoms with Crippen LogP contribution in [-0.2, 0) is 6.54 Å². The molecule has 8 heteroatoms. The SMILES string of the molecule is N#Cc1ccc(C(=O)N(Cc2cccc(NC(=O)c3cc(F)cc(F)c3)c2)C2CCC(N)CC2)cc1. The Morgan fingerprint density at radius 1 is 0.944 bits per heavy atom. The van der Waals surface area contributed by atoms with Gasteiger partial charge in [0, 0.05) is 41.5 Å². The second-order valence-electron chi connectivity index (χ2n) is 9.00. The van der Waals surface area contributed by atoms with Crippen LogP contribution in [0, 0.1) is 23.0 Å². The van der Waals surface area contributed by atoms with Crippen molar-refractivity contribution in [3.05, 3.63) is 101 Å². The number of nitrogens with one attached hydrogen (secondary N) is 1. The molecular weight excluding hydrogens is 462 g/mol. The van der Waals surface area contributed by atoms with E-state index >= 15 is 0 Å². The van der Waals surface area contributed by atoms with Gasteiger partial charge in [0.1, 0.15) is 11.6 Å². The number of carbonyl (C=O) groups excluding carboxylic acids is 2. The number of halogens is 2. The average Bonchev–Trinajstić information content (AvgIpc) is 2.87. The van der Waals surface area contributed by atoms with Crippen LogP contribution < -0.4 is 11.1 Å². The lowest BCUT2D eigenvalue weighted by atomic mass is 9.90. The number of rotatable bonds is 6. The first-order valence-electron chi connectivity index (χ1n) is 11.8. The lowest BCUT2D eigenvalue weighted by molar-refractivity contribution is 0.0606. The van der Waals surface area contributed by atoms with Gasteiger partial charge in [-0.3, -0.25) is 9.59 Å². The van der Waals surface area contributed by atoms with Gasteiger partial charge in [-0.25, -0.2) is 8.78 Å². The molecular formula is C28H26F2N4O2. The zero-order valence-electron chi connectivity index (χ0n) is 19.6. The number of amides is 2. The molecule has 36 heavy (non-hydrogen) atoms. The second kappa shape index (κ2) is 11.1. The first kappa shape index (κ1) is 25.0. The topological polar surface area (TPSA) is 99.2 Å². The van der Waals surface area contributed by atoms with Crippen molar-refractivity contribution in [2.45, 2.75) is 44.3 Å². The molecule has 0 unspecified atom stereocenters. The Morgan fingerprint density at radius 3 is 2.25 bits per heavy atom. The molecule has 3 aromatic carbocycles. The van der Waals surface area contributed by atoms with Crippen molar-refractivity contribution in [1.29, 1.82) is 5.26 Å². The molecule has 1 aliphatic carbocycles. The summed E-state index contributed by atoms with van der Waals surface area (Å²) in [6, 6.07) is 18.4. The molecule has 0 spiro atoms. The molecule has 2 amide bonds. The van der Waals surface area contributed by atoms with E-state index in [-0.39, 0.29) is 23.6 Å². The maximum Gasteiger partial charge on any atom is 0.255 e. The van der Waals surface area contributed by atoms with Crippen LogP contribution in [0.3, 0.4) is 0 Å². The zero-order valence-corrected chi connectivity index (χ0v) is 19.6. The average molecular weight is 489 g/mol. The third-order valence-corrected chi connectivity index (χ3v) is 6.37. The fourth-order valence-electron chi connectivity index (χ4n) is 4.47. The molecule has 0 radical (unpaired) electrons. The number of nitrogens with zero attached hydrogens (tertiary/aromatic N) is 2. The number of anilines is 1. The van der Waals surface area contributed by atoms with E-state index in [0.29, 0.717) is 29.4 Å². The van der Waals surface area contributed by atoms with Crippen LogP contribution in [0.1, 0.15) is 57.5 Å². The van der Waals surface area contributed by atoms with E-state index in [4.69, 9.17) is 11.0 Å². The molecule has 0 saturated heterocycles. The second-order valence-corrected chi connectivity index (χ2v) is 9.00. The Kier molecular flexibility index (Phi) is 7.71. The molecule has 1 fully saturated rings. The summed E-state index contributed by atoms with van der Waals surface area (Å²) in [5.74, 6) is -2.46. The van der Waals surface area contributed by atoms with Crippen LogP contribution in [0.15, 0.2) is 66.7 Å². The van der Waals surface area contributed by atoms with Gasteiger partial charge in [-0.1, -0.05) is 12.1 Å². The van der Waals surface area contributed by atoms with Crippen molar-refractivity contribution in [2.24, 2.45) is 5.73 Å². The van der Waals surface area contributed by atoms with Gasteiger partial charge in [-0.2, -0.15) is 5.26 Å². The number of nitrogens with two attached hydrogens (primary N) is 1. The number of carbonyl (C=O) groups is 2. The molecule has 184 valence electrons. The van der Waals surface area contributed by atoms with E-state index in [1.165, 1.54) is 0 Å². The summed E-state index contributed by atoms with van der Waals surface area (Å²) in [6.07, 6.45) is 3.21. The third kappa shape index (κ3) is 6.12. The summed E-state index contributed by atoms with van der Waals surface area (Å²) >= 11 is 0. The van der Waals surface area contributed by atoms with Gasteiger partial charge >= 0.3 is 0 Å². The normalized spacial score (nSPS) is 17.2. The monoisotopic (exact) mass is 488 g/mol. The molecule has 0 aromatic heterocycles. The largest absolute Gasteiger partial charge is 0.331 e. The predicted molar refractivity (Wildman–Crippen MR) is 132 cm³/mol.